The summed E-state index contributed by atoms with van der Waals surface area (Å²) < 4.78 is 0.421. The SMILES string of the molecule is CC(C)(C)c1nc(C(=O)O)c(Br)[nH]1. The van der Waals surface area contributed by atoms with Gasteiger partial charge in [0, 0.05) is 5.41 Å². The van der Waals surface area contributed by atoms with E-state index in [1.807, 2.05) is 20.8 Å². The van der Waals surface area contributed by atoms with Crippen molar-refractivity contribution in [3.8, 4) is 0 Å². The molecule has 0 saturated heterocycles. The summed E-state index contributed by atoms with van der Waals surface area (Å²) >= 11 is 3.11. The van der Waals surface area contributed by atoms with Crippen LogP contribution in [0.1, 0.15) is 37.1 Å². The topological polar surface area (TPSA) is 66.0 Å². The Hall–Kier alpha value is -0.840. The molecule has 4 nitrogen and oxygen atoms in total. The lowest BCUT2D eigenvalue weighted by atomic mass is 9.96. The molecule has 1 aromatic heterocycles. The van der Waals surface area contributed by atoms with Crippen LogP contribution in [0.15, 0.2) is 4.60 Å². The number of H-pyrrole nitrogens is 1. The summed E-state index contributed by atoms with van der Waals surface area (Å²) in [5.74, 6) is -0.365. The summed E-state index contributed by atoms with van der Waals surface area (Å²) in [4.78, 5) is 17.5. The van der Waals surface area contributed by atoms with Crippen molar-refractivity contribution in [3.63, 3.8) is 0 Å². The molecule has 5 heteroatoms. The number of hydrogen-bond donors (Lipinski definition) is 2. The van der Waals surface area contributed by atoms with E-state index in [2.05, 4.69) is 25.9 Å². The number of hydrogen-bond acceptors (Lipinski definition) is 2. The summed E-state index contributed by atoms with van der Waals surface area (Å²) in [6.45, 7) is 5.89. The maximum atomic E-state index is 10.6. The van der Waals surface area contributed by atoms with E-state index in [0.717, 1.165) is 0 Å². The van der Waals surface area contributed by atoms with Crippen molar-refractivity contribution >= 4 is 21.9 Å². The van der Waals surface area contributed by atoms with Crippen molar-refractivity contribution in [2.75, 3.05) is 0 Å². The molecular formula is C8H11BrN2O2. The van der Waals surface area contributed by atoms with Crippen LogP contribution < -0.4 is 0 Å². The molecule has 0 aliphatic heterocycles. The van der Waals surface area contributed by atoms with Gasteiger partial charge in [-0.2, -0.15) is 0 Å². The van der Waals surface area contributed by atoms with E-state index in [-0.39, 0.29) is 11.1 Å². The Morgan fingerprint density at radius 3 is 2.31 bits per heavy atom. The van der Waals surface area contributed by atoms with Crippen LogP contribution in [0, 0.1) is 0 Å². The molecule has 0 bridgehead atoms. The van der Waals surface area contributed by atoms with Crippen molar-refractivity contribution in [1.82, 2.24) is 9.97 Å². The van der Waals surface area contributed by atoms with Crippen LogP contribution in [0.4, 0.5) is 0 Å². The third kappa shape index (κ3) is 2.09. The molecule has 0 radical (unpaired) electrons. The average molecular weight is 247 g/mol. The van der Waals surface area contributed by atoms with Gasteiger partial charge >= 0.3 is 5.97 Å². The molecule has 0 aliphatic carbocycles. The van der Waals surface area contributed by atoms with Gasteiger partial charge < -0.3 is 10.1 Å². The zero-order valence-corrected chi connectivity index (χ0v) is 9.27. The molecule has 0 spiro atoms. The largest absolute Gasteiger partial charge is 0.476 e. The van der Waals surface area contributed by atoms with E-state index in [1.54, 1.807) is 0 Å². The number of nitrogens with one attached hydrogen (secondary N) is 1. The van der Waals surface area contributed by atoms with Crippen LogP contribution in [0.5, 0.6) is 0 Å². The number of aromatic nitrogens is 2. The van der Waals surface area contributed by atoms with Gasteiger partial charge in [0.15, 0.2) is 5.69 Å². The number of rotatable bonds is 1. The normalized spacial score (nSPS) is 11.7. The second-order valence-corrected chi connectivity index (χ2v) is 4.60. The summed E-state index contributed by atoms with van der Waals surface area (Å²) in [7, 11) is 0. The second kappa shape index (κ2) is 3.14. The summed E-state index contributed by atoms with van der Waals surface area (Å²) in [5.41, 5.74) is -0.138. The minimum absolute atomic E-state index is 0.0323. The van der Waals surface area contributed by atoms with Crippen LogP contribution in [0.3, 0.4) is 0 Å². The maximum absolute atomic E-state index is 10.6. The van der Waals surface area contributed by atoms with Gasteiger partial charge in [-0.3, -0.25) is 0 Å². The second-order valence-electron chi connectivity index (χ2n) is 3.80. The number of carboxylic acids is 1. The standard InChI is InChI=1S/C8H11BrN2O2/c1-8(2,3)7-10-4(6(12)13)5(9)11-7/h1-3H3,(H,10,11)(H,12,13). The molecule has 1 heterocycles. The Morgan fingerprint density at radius 1 is 1.54 bits per heavy atom. The summed E-state index contributed by atoms with van der Waals surface area (Å²) in [6.07, 6.45) is 0. The number of carbonyl (C=O) groups is 1. The molecule has 0 aliphatic rings. The number of imidazole rings is 1. The molecule has 1 rings (SSSR count). The smallest absolute Gasteiger partial charge is 0.357 e. The van der Waals surface area contributed by atoms with Crippen LogP contribution in [0.25, 0.3) is 0 Å². The Bertz CT molecular complexity index is 338. The van der Waals surface area contributed by atoms with Crippen molar-refractivity contribution < 1.29 is 9.90 Å². The highest BCUT2D eigenvalue weighted by Gasteiger charge is 2.22. The van der Waals surface area contributed by atoms with Crippen LogP contribution in [-0.4, -0.2) is 21.0 Å². The van der Waals surface area contributed by atoms with E-state index in [0.29, 0.717) is 10.4 Å². The van der Waals surface area contributed by atoms with Crippen LogP contribution in [-0.2, 0) is 5.41 Å². The third-order valence-electron chi connectivity index (χ3n) is 1.57. The maximum Gasteiger partial charge on any atom is 0.357 e. The Labute approximate surface area is 84.5 Å². The van der Waals surface area contributed by atoms with Crippen molar-refractivity contribution in [2.24, 2.45) is 0 Å². The van der Waals surface area contributed by atoms with Gasteiger partial charge in [0.2, 0.25) is 0 Å². The van der Waals surface area contributed by atoms with Gasteiger partial charge in [0.05, 0.1) is 0 Å². The predicted molar refractivity (Wildman–Crippen MR) is 51.9 cm³/mol. The Balaban J connectivity index is 3.17. The van der Waals surface area contributed by atoms with E-state index >= 15 is 0 Å². The highest BCUT2D eigenvalue weighted by atomic mass is 79.9. The van der Waals surface area contributed by atoms with Gasteiger partial charge in [0.25, 0.3) is 0 Å². The quantitative estimate of drug-likeness (QED) is 0.799. The Kier molecular flexibility index (Phi) is 2.47. The molecule has 13 heavy (non-hydrogen) atoms. The molecule has 0 saturated carbocycles. The lowest BCUT2D eigenvalue weighted by Crippen LogP contribution is -2.13. The van der Waals surface area contributed by atoms with Gasteiger partial charge in [-0.05, 0) is 15.9 Å². The lowest BCUT2D eigenvalue weighted by molar-refractivity contribution is 0.0690. The molecule has 0 fully saturated rings. The number of aromatic amines is 1. The molecule has 0 atom stereocenters. The average Bonchev–Trinajstić information content (AvgIpc) is 2.29. The molecule has 0 unspecified atom stereocenters. The van der Waals surface area contributed by atoms with E-state index in [1.165, 1.54) is 0 Å². The number of nitrogens with zero attached hydrogens (tertiary/aromatic N) is 1. The summed E-state index contributed by atoms with van der Waals surface area (Å²) in [6, 6.07) is 0. The summed E-state index contributed by atoms with van der Waals surface area (Å²) in [5, 5.41) is 8.73. The van der Waals surface area contributed by atoms with E-state index in [4.69, 9.17) is 5.11 Å². The fourth-order valence-electron chi connectivity index (χ4n) is 0.849. The molecular weight excluding hydrogens is 236 g/mol. The van der Waals surface area contributed by atoms with Crippen molar-refractivity contribution in [2.45, 2.75) is 26.2 Å². The van der Waals surface area contributed by atoms with E-state index in [9.17, 15) is 4.79 Å². The van der Waals surface area contributed by atoms with Crippen LogP contribution >= 0.6 is 15.9 Å². The zero-order chi connectivity index (χ0) is 10.2. The first-order valence-electron chi connectivity index (χ1n) is 3.81. The fraction of sp³-hybridized carbons (Fsp3) is 0.500. The highest BCUT2D eigenvalue weighted by Crippen LogP contribution is 2.23. The number of carboxylic acid groups (broad SMARTS) is 1. The van der Waals surface area contributed by atoms with Gasteiger partial charge in [-0.1, -0.05) is 20.8 Å². The highest BCUT2D eigenvalue weighted by molar-refractivity contribution is 9.10. The van der Waals surface area contributed by atoms with Crippen LogP contribution in [0.2, 0.25) is 0 Å². The van der Waals surface area contributed by atoms with Crippen molar-refractivity contribution in [3.05, 3.63) is 16.1 Å². The van der Waals surface area contributed by atoms with Gasteiger partial charge in [-0.25, -0.2) is 9.78 Å². The van der Waals surface area contributed by atoms with E-state index < -0.39 is 5.97 Å². The predicted octanol–water partition coefficient (Wildman–Crippen LogP) is 2.17. The molecule has 72 valence electrons. The molecule has 0 aromatic carbocycles. The minimum Gasteiger partial charge on any atom is -0.476 e. The first-order chi connectivity index (χ1) is 5.82. The third-order valence-corrected chi connectivity index (χ3v) is 2.15. The first-order valence-corrected chi connectivity index (χ1v) is 4.61. The fourth-order valence-corrected chi connectivity index (χ4v) is 1.29. The lowest BCUT2D eigenvalue weighted by Gasteiger charge is -2.13. The number of halogens is 1. The monoisotopic (exact) mass is 246 g/mol. The minimum atomic E-state index is -1.03. The van der Waals surface area contributed by atoms with Gasteiger partial charge in [-0.15, -0.1) is 0 Å². The zero-order valence-electron chi connectivity index (χ0n) is 7.68. The Morgan fingerprint density at radius 2 is 2.08 bits per heavy atom. The molecule has 2 N–H and O–H groups in total. The molecule has 1 aromatic rings. The van der Waals surface area contributed by atoms with Crippen molar-refractivity contribution in [1.29, 1.82) is 0 Å². The molecule has 0 amide bonds. The first kappa shape index (κ1) is 10.2. The number of aromatic carboxylic acids is 1. The van der Waals surface area contributed by atoms with Gasteiger partial charge in [0.1, 0.15) is 10.4 Å².